The first-order valence-corrected chi connectivity index (χ1v) is 6.04. The Morgan fingerprint density at radius 3 is 1.85 bits per heavy atom. The molecule has 0 N–H and O–H groups in total. The van der Waals surface area contributed by atoms with Crippen LogP contribution in [0.1, 0.15) is 11.5 Å². The summed E-state index contributed by atoms with van der Waals surface area (Å²) in [4.78, 5) is 11.2. The maximum absolute atomic E-state index is 11.2. The highest BCUT2D eigenvalue weighted by Gasteiger charge is 2.00. The van der Waals surface area contributed by atoms with Crippen LogP contribution in [-0.4, -0.2) is 19.4 Å². The number of ether oxygens (including phenoxy) is 2. The SMILES string of the molecule is O=C(OCC=Cc1ccco1)OCC=Cc1ccco1. The van der Waals surface area contributed by atoms with Gasteiger partial charge in [-0.2, -0.15) is 0 Å². The molecule has 0 aliphatic rings. The molecule has 0 saturated heterocycles. The van der Waals surface area contributed by atoms with Gasteiger partial charge >= 0.3 is 6.16 Å². The Bertz CT molecular complexity index is 499. The molecule has 104 valence electrons. The first-order valence-electron chi connectivity index (χ1n) is 6.04. The van der Waals surface area contributed by atoms with Gasteiger partial charge in [0.1, 0.15) is 24.7 Å². The first kappa shape index (κ1) is 13.7. The minimum absolute atomic E-state index is 0.126. The van der Waals surface area contributed by atoms with Crippen LogP contribution in [0.5, 0.6) is 0 Å². The molecular formula is C15H14O5. The molecule has 20 heavy (non-hydrogen) atoms. The number of hydrogen-bond acceptors (Lipinski definition) is 5. The van der Waals surface area contributed by atoms with Crippen LogP contribution in [0.4, 0.5) is 4.79 Å². The molecule has 0 aliphatic heterocycles. The summed E-state index contributed by atoms with van der Waals surface area (Å²) in [6.45, 7) is 0.253. The van der Waals surface area contributed by atoms with Gasteiger partial charge in [0.25, 0.3) is 0 Å². The van der Waals surface area contributed by atoms with Gasteiger partial charge in [0.15, 0.2) is 0 Å². The molecule has 2 aromatic rings. The lowest BCUT2D eigenvalue weighted by Crippen LogP contribution is -2.07. The second-order valence-electron chi connectivity index (χ2n) is 3.71. The predicted octanol–water partition coefficient (Wildman–Crippen LogP) is 3.75. The van der Waals surface area contributed by atoms with Crippen molar-refractivity contribution < 1.29 is 23.1 Å². The van der Waals surface area contributed by atoms with E-state index in [2.05, 4.69) is 0 Å². The quantitative estimate of drug-likeness (QED) is 0.751. The predicted molar refractivity (Wildman–Crippen MR) is 72.8 cm³/mol. The number of carbonyl (C=O) groups excluding carboxylic acids is 1. The molecule has 0 spiro atoms. The lowest BCUT2D eigenvalue weighted by molar-refractivity contribution is 0.0719. The average Bonchev–Trinajstić information content (AvgIpc) is 3.13. The molecule has 2 aromatic heterocycles. The lowest BCUT2D eigenvalue weighted by atomic mass is 10.4. The minimum Gasteiger partial charge on any atom is -0.465 e. The maximum atomic E-state index is 11.2. The summed E-state index contributed by atoms with van der Waals surface area (Å²) in [7, 11) is 0. The number of hydrogen-bond donors (Lipinski definition) is 0. The van der Waals surface area contributed by atoms with Gasteiger partial charge in [-0.15, -0.1) is 0 Å². The second-order valence-corrected chi connectivity index (χ2v) is 3.71. The molecule has 0 bridgehead atoms. The van der Waals surface area contributed by atoms with Gasteiger partial charge in [-0.25, -0.2) is 4.79 Å². The third-order valence-corrected chi connectivity index (χ3v) is 2.25. The van der Waals surface area contributed by atoms with E-state index in [-0.39, 0.29) is 13.2 Å². The third kappa shape index (κ3) is 4.89. The molecule has 2 heterocycles. The van der Waals surface area contributed by atoms with Crippen LogP contribution in [0.25, 0.3) is 12.2 Å². The summed E-state index contributed by atoms with van der Waals surface area (Å²) in [6.07, 6.45) is 9.17. The van der Waals surface area contributed by atoms with Crippen molar-refractivity contribution in [2.75, 3.05) is 13.2 Å². The van der Waals surface area contributed by atoms with Crippen molar-refractivity contribution >= 4 is 18.3 Å². The Morgan fingerprint density at radius 2 is 1.45 bits per heavy atom. The highest BCUT2D eigenvalue weighted by atomic mass is 16.7. The molecule has 0 aromatic carbocycles. The molecule has 0 amide bonds. The van der Waals surface area contributed by atoms with Crippen LogP contribution in [0.15, 0.2) is 57.8 Å². The number of carbonyl (C=O) groups is 1. The zero-order chi connectivity index (χ0) is 14.0. The second kappa shape index (κ2) is 7.68. The summed E-state index contributed by atoms with van der Waals surface area (Å²) in [5, 5.41) is 0. The topological polar surface area (TPSA) is 61.8 Å². The molecule has 0 fully saturated rings. The van der Waals surface area contributed by atoms with Crippen LogP contribution < -0.4 is 0 Å². The van der Waals surface area contributed by atoms with E-state index in [1.54, 1.807) is 61.1 Å². The van der Waals surface area contributed by atoms with E-state index < -0.39 is 6.16 Å². The van der Waals surface area contributed by atoms with Crippen LogP contribution in [-0.2, 0) is 9.47 Å². The molecule has 0 unspecified atom stereocenters. The van der Waals surface area contributed by atoms with Crippen LogP contribution in [0, 0.1) is 0 Å². The van der Waals surface area contributed by atoms with Crippen molar-refractivity contribution in [3.05, 3.63) is 60.5 Å². The van der Waals surface area contributed by atoms with Crippen LogP contribution in [0.3, 0.4) is 0 Å². The summed E-state index contributed by atoms with van der Waals surface area (Å²) < 4.78 is 19.8. The standard InChI is InChI=1S/C15H14O5/c16-15(19-11-3-7-13-5-1-9-17-13)20-12-4-8-14-6-2-10-18-14/h1-10H,11-12H2. The number of rotatable bonds is 6. The van der Waals surface area contributed by atoms with Gasteiger partial charge in [-0.3, -0.25) is 0 Å². The zero-order valence-corrected chi connectivity index (χ0v) is 10.7. The largest absolute Gasteiger partial charge is 0.508 e. The molecule has 5 heteroatoms. The van der Waals surface area contributed by atoms with E-state index in [9.17, 15) is 4.79 Å². The van der Waals surface area contributed by atoms with Crippen molar-refractivity contribution in [3.63, 3.8) is 0 Å². The lowest BCUT2D eigenvalue weighted by Gasteiger charge is -2.00. The van der Waals surface area contributed by atoms with Crippen molar-refractivity contribution in [2.24, 2.45) is 0 Å². The Kier molecular flexibility index (Phi) is 5.27. The van der Waals surface area contributed by atoms with E-state index in [1.165, 1.54) is 0 Å². The molecule has 0 saturated carbocycles. The molecule has 2 rings (SSSR count). The van der Waals surface area contributed by atoms with E-state index >= 15 is 0 Å². The summed E-state index contributed by atoms with van der Waals surface area (Å²) in [6, 6.07) is 7.16. The van der Waals surface area contributed by atoms with E-state index in [0.717, 1.165) is 0 Å². The molecule has 0 atom stereocenters. The smallest absolute Gasteiger partial charge is 0.465 e. The maximum Gasteiger partial charge on any atom is 0.508 e. The monoisotopic (exact) mass is 274 g/mol. The first-order chi connectivity index (χ1) is 9.84. The van der Waals surface area contributed by atoms with Crippen molar-refractivity contribution in [1.82, 2.24) is 0 Å². The average molecular weight is 274 g/mol. The van der Waals surface area contributed by atoms with Crippen LogP contribution in [0.2, 0.25) is 0 Å². The molecule has 0 radical (unpaired) electrons. The molecule has 5 nitrogen and oxygen atoms in total. The summed E-state index contributed by atoms with van der Waals surface area (Å²) >= 11 is 0. The highest BCUT2D eigenvalue weighted by Crippen LogP contribution is 2.03. The normalized spacial score (nSPS) is 11.2. The molecular weight excluding hydrogens is 260 g/mol. The fourth-order valence-corrected chi connectivity index (χ4v) is 1.37. The van der Waals surface area contributed by atoms with E-state index in [4.69, 9.17) is 18.3 Å². The van der Waals surface area contributed by atoms with E-state index in [1.807, 2.05) is 0 Å². The Balaban J connectivity index is 1.58. The Hall–Kier alpha value is -2.69. The van der Waals surface area contributed by atoms with E-state index in [0.29, 0.717) is 11.5 Å². The number of furan rings is 2. The van der Waals surface area contributed by atoms with Gasteiger partial charge in [-0.05, 0) is 48.6 Å². The van der Waals surface area contributed by atoms with Crippen molar-refractivity contribution in [3.8, 4) is 0 Å². The zero-order valence-electron chi connectivity index (χ0n) is 10.7. The fourth-order valence-electron chi connectivity index (χ4n) is 1.37. The molecule has 0 aliphatic carbocycles. The third-order valence-electron chi connectivity index (χ3n) is 2.25. The van der Waals surface area contributed by atoms with Gasteiger partial charge in [-0.1, -0.05) is 0 Å². The van der Waals surface area contributed by atoms with Gasteiger partial charge in [0, 0.05) is 0 Å². The minimum atomic E-state index is -0.724. The Morgan fingerprint density at radius 1 is 0.950 bits per heavy atom. The Labute approximate surface area is 116 Å². The van der Waals surface area contributed by atoms with Crippen molar-refractivity contribution in [1.29, 1.82) is 0 Å². The summed E-state index contributed by atoms with van der Waals surface area (Å²) in [5.74, 6) is 1.40. The summed E-state index contributed by atoms with van der Waals surface area (Å²) in [5.41, 5.74) is 0. The van der Waals surface area contributed by atoms with Crippen molar-refractivity contribution in [2.45, 2.75) is 0 Å². The highest BCUT2D eigenvalue weighted by molar-refractivity contribution is 5.60. The fraction of sp³-hybridized carbons (Fsp3) is 0.133. The van der Waals surface area contributed by atoms with Crippen LogP contribution >= 0.6 is 0 Å². The van der Waals surface area contributed by atoms with Gasteiger partial charge in [0.2, 0.25) is 0 Å². The van der Waals surface area contributed by atoms with Gasteiger partial charge < -0.3 is 18.3 Å². The van der Waals surface area contributed by atoms with Gasteiger partial charge in [0.05, 0.1) is 12.5 Å².